The van der Waals surface area contributed by atoms with Gasteiger partial charge in [-0.1, -0.05) is 0 Å². The minimum atomic E-state index is -4.07. The van der Waals surface area contributed by atoms with Crippen LogP contribution in [0.1, 0.15) is 32.1 Å². The molecule has 1 aliphatic rings. The lowest BCUT2D eigenvalue weighted by molar-refractivity contribution is -0.172. The zero-order valence-electron chi connectivity index (χ0n) is 7.98. The van der Waals surface area contributed by atoms with Gasteiger partial charge in [-0.05, 0) is 25.7 Å². The molecule has 1 aliphatic heterocycles. The van der Waals surface area contributed by atoms with E-state index in [1.807, 2.05) is 0 Å². The summed E-state index contributed by atoms with van der Waals surface area (Å²) in [6.07, 6.45) is -2.27. The van der Waals surface area contributed by atoms with Gasteiger partial charge in [0.15, 0.2) is 6.29 Å². The molecule has 0 aromatic carbocycles. The van der Waals surface area contributed by atoms with Gasteiger partial charge in [0.1, 0.15) is 0 Å². The highest BCUT2D eigenvalue weighted by Gasteiger charge is 2.26. The first-order valence-electron chi connectivity index (χ1n) is 4.88. The predicted octanol–water partition coefficient (Wildman–Crippen LogP) is 2.87. The van der Waals surface area contributed by atoms with E-state index in [0.717, 1.165) is 19.3 Å². The molecule has 1 saturated heterocycles. The molecule has 0 radical (unpaired) electrons. The quantitative estimate of drug-likeness (QED) is 0.667. The van der Waals surface area contributed by atoms with Crippen molar-refractivity contribution in [1.82, 2.24) is 0 Å². The fourth-order valence-corrected chi connectivity index (χ4v) is 1.33. The summed E-state index contributed by atoms with van der Waals surface area (Å²) in [4.78, 5) is 0. The Balaban J connectivity index is 1.97. The van der Waals surface area contributed by atoms with Crippen LogP contribution in [0, 0.1) is 0 Å². The van der Waals surface area contributed by atoms with Crippen molar-refractivity contribution in [3.05, 3.63) is 0 Å². The van der Waals surface area contributed by atoms with E-state index in [1.54, 1.807) is 0 Å². The Bertz CT molecular complexity index is 153. The Kier molecular flexibility index (Phi) is 4.68. The number of ether oxygens (including phenoxy) is 2. The van der Waals surface area contributed by atoms with Crippen LogP contribution in [0.3, 0.4) is 0 Å². The Morgan fingerprint density at radius 3 is 2.64 bits per heavy atom. The van der Waals surface area contributed by atoms with E-state index in [-0.39, 0.29) is 19.3 Å². The molecule has 0 aromatic heterocycles. The summed E-state index contributed by atoms with van der Waals surface area (Å²) in [6.45, 7) is 0.786. The van der Waals surface area contributed by atoms with E-state index in [9.17, 15) is 13.2 Å². The Morgan fingerprint density at radius 1 is 1.29 bits per heavy atom. The second kappa shape index (κ2) is 5.56. The average molecular weight is 212 g/mol. The van der Waals surface area contributed by atoms with Gasteiger partial charge in [-0.3, -0.25) is 0 Å². The minimum absolute atomic E-state index is 0.0172. The summed E-state index contributed by atoms with van der Waals surface area (Å²) >= 11 is 0. The summed E-state index contributed by atoms with van der Waals surface area (Å²) in [5, 5.41) is 0. The Hall–Kier alpha value is -0.290. The molecule has 14 heavy (non-hydrogen) atoms. The van der Waals surface area contributed by atoms with Gasteiger partial charge in [0.05, 0.1) is 6.61 Å². The molecular formula is C9H15F3O2. The first kappa shape index (κ1) is 11.8. The number of hydrogen-bond donors (Lipinski definition) is 0. The Labute approximate surface area is 81.4 Å². The van der Waals surface area contributed by atoms with E-state index >= 15 is 0 Å². The maximum absolute atomic E-state index is 11.7. The van der Waals surface area contributed by atoms with Gasteiger partial charge in [-0.2, -0.15) is 13.2 Å². The van der Waals surface area contributed by atoms with Crippen LogP contribution in [0.25, 0.3) is 0 Å². The maximum Gasteiger partial charge on any atom is 0.389 e. The van der Waals surface area contributed by atoms with Crippen molar-refractivity contribution in [2.24, 2.45) is 0 Å². The highest BCUT2D eigenvalue weighted by molar-refractivity contribution is 4.55. The number of rotatable bonds is 4. The van der Waals surface area contributed by atoms with Crippen LogP contribution in [0.5, 0.6) is 0 Å². The molecular weight excluding hydrogens is 197 g/mol. The van der Waals surface area contributed by atoms with E-state index in [2.05, 4.69) is 0 Å². The van der Waals surface area contributed by atoms with Crippen LogP contribution in [0.2, 0.25) is 0 Å². The summed E-state index contributed by atoms with van der Waals surface area (Å²) < 4.78 is 45.6. The lowest BCUT2D eigenvalue weighted by Crippen LogP contribution is -2.23. The topological polar surface area (TPSA) is 18.5 Å². The lowest BCUT2D eigenvalue weighted by Gasteiger charge is -2.22. The van der Waals surface area contributed by atoms with Crippen LogP contribution < -0.4 is 0 Å². The van der Waals surface area contributed by atoms with Crippen molar-refractivity contribution in [3.8, 4) is 0 Å². The smallest absolute Gasteiger partial charge is 0.353 e. The van der Waals surface area contributed by atoms with Crippen LogP contribution in [0.15, 0.2) is 0 Å². The molecule has 1 unspecified atom stereocenters. The molecule has 84 valence electrons. The number of halogens is 3. The maximum atomic E-state index is 11.7. The van der Waals surface area contributed by atoms with Crippen LogP contribution in [0.4, 0.5) is 13.2 Å². The molecule has 0 bridgehead atoms. The highest BCUT2D eigenvalue weighted by Crippen LogP contribution is 2.21. The minimum Gasteiger partial charge on any atom is -0.353 e. The standard InChI is InChI=1S/C9H15F3O2/c10-9(11,12)5-3-7-14-8-4-1-2-6-13-8/h8H,1-7H2. The second-order valence-corrected chi connectivity index (χ2v) is 3.39. The number of alkyl halides is 3. The van der Waals surface area contributed by atoms with E-state index < -0.39 is 12.6 Å². The summed E-state index contributed by atoms with van der Waals surface area (Å²) in [6, 6.07) is 0. The van der Waals surface area contributed by atoms with Gasteiger partial charge < -0.3 is 9.47 Å². The van der Waals surface area contributed by atoms with Crippen LogP contribution in [-0.4, -0.2) is 25.7 Å². The molecule has 1 atom stereocenters. The van der Waals surface area contributed by atoms with Gasteiger partial charge in [0.2, 0.25) is 0 Å². The SMILES string of the molecule is FC(F)(F)CCCOC1CCCCO1. The highest BCUT2D eigenvalue weighted by atomic mass is 19.4. The molecule has 0 aromatic rings. The van der Waals surface area contributed by atoms with Crippen molar-refractivity contribution < 1.29 is 22.6 Å². The van der Waals surface area contributed by atoms with Crippen LogP contribution >= 0.6 is 0 Å². The molecule has 0 spiro atoms. The van der Waals surface area contributed by atoms with Gasteiger partial charge in [0.25, 0.3) is 0 Å². The van der Waals surface area contributed by atoms with Gasteiger partial charge in [0, 0.05) is 13.0 Å². The van der Waals surface area contributed by atoms with Crippen molar-refractivity contribution >= 4 is 0 Å². The summed E-state index contributed by atoms with van der Waals surface area (Å²) in [5.74, 6) is 0. The lowest BCUT2D eigenvalue weighted by atomic mass is 10.2. The van der Waals surface area contributed by atoms with Crippen molar-refractivity contribution in [3.63, 3.8) is 0 Å². The molecule has 5 heteroatoms. The van der Waals surface area contributed by atoms with E-state index in [1.165, 1.54) is 0 Å². The zero-order valence-corrected chi connectivity index (χ0v) is 7.98. The first-order valence-corrected chi connectivity index (χ1v) is 4.88. The van der Waals surface area contributed by atoms with Gasteiger partial charge >= 0.3 is 6.18 Å². The van der Waals surface area contributed by atoms with Crippen molar-refractivity contribution in [1.29, 1.82) is 0 Å². The molecule has 0 N–H and O–H groups in total. The third-order valence-corrected chi connectivity index (χ3v) is 2.05. The Morgan fingerprint density at radius 2 is 2.07 bits per heavy atom. The third kappa shape index (κ3) is 5.44. The molecule has 0 saturated carbocycles. The van der Waals surface area contributed by atoms with Crippen molar-refractivity contribution in [2.45, 2.75) is 44.6 Å². The average Bonchev–Trinajstić information content (AvgIpc) is 2.13. The summed E-state index contributed by atoms with van der Waals surface area (Å²) in [5.41, 5.74) is 0. The molecule has 0 amide bonds. The second-order valence-electron chi connectivity index (χ2n) is 3.39. The van der Waals surface area contributed by atoms with E-state index in [4.69, 9.17) is 9.47 Å². The molecule has 1 rings (SSSR count). The normalized spacial score (nSPS) is 23.8. The van der Waals surface area contributed by atoms with Crippen molar-refractivity contribution in [2.75, 3.05) is 13.2 Å². The summed E-state index contributed by atoms with van der Waals surface area (Å²) in [7, 11) is 0. The van der Waals surface area contributed by atoms with Crippen LogP contribution in [-0.2, 0) is 9.47 Å². The van der Waals surface area contributed by atoms with E-state index in [0.29, 0.717) is 6.61 Å². The molecule has 2 nitrogen and oxygen atoms in total. The predicted molar refractivity (Wildman–Crippen MR) is 44.8 cm³/mol. The number of hydrogen-bond acceptors (Lipinski definition) is 2. The molecule has 1 fully saturated rings. The fraction of sp³-hybridized carbons (Fsp3) is 1.00. The fourth-order valence-electron chi connectivity index (χ4n) is 1.33. The third-order valence-electron chi connectivity index (χ3n) is 2.05. The largest absolute Gasteiger partial charge is 0.389 e. The zero-order chi connectivity index (χ0) is 10.4. The van der Waals surface area contributed by atoms with Gasteiger partial charge in [-0.15, -0.1) is 0 Å². The molecule has 0 aliphatic carbocycles. The monoisotopic (exact) mass is 212 g/mol. The van der Waals surface area contributed by atoms with Gasteiger partial charge in [-0.25, -0.2) is 0 Å². The first-order chi connectivity index (χ1) is 6.58. The molecule has 1 heterocycles.